The molecular formula is C23H29N3O2S3. The molecule has 1 unspecified atom stereocenters. The van der Waals surface area contributed by atoms with Gasteiger partial charge in [-0.25, -0.2) is 0 Å². The summed E-state index contributed by atoms with van der Waals surface area (Å²) in [4.78, 5) is 14.4. The summed E-state index contributed by atoms with van der Waals surface area (Å²) in [7, 11) is 0. The molecule has 0 saturated heterocycles. The van der Waals surface area contributed by atoms with Gasteiger partial charge in [-0.05, 0) is 35.9 Å². The fourth-order valence-electron chi connectivity index (χ4n) is 3.00. The number of nitrogens with zero attached hydrogens (tertiary/aromatic N) is 2. The molecule has 1 atom stereocenters. The second-order valence-electron chi connectivity index (χ2n) is 7.22. The minimum atomic E-state index is -0.107. The fraction of sp³-hybridized carbons (Fsp3) is 0.435. The molecule has 1 N–H and O–H groups in total. The normalized spacial score (nSPS) is 11.9. The Morgan fingerprint density at radius 3 is 2.81 bits per heavy atom. The van der Waals surface area contributed by atoms with Crippen molar-refractivity contribution in [3.05, 3.63) is 41.8 Å². The number of para-hydroxylation sites is 1. The van der Waals surface area contributed by atoms with E-state index in [0.717, 1.165) is 38.4 Å². The summed E-state index contributed by atoms with van der Waals surface area (Å²) in [5.41, 5.74) is 0.990. The number of rotatable bonds is 13. The highest BCUT2D eigenvalue weighted by Gasteiger charge is 2.15. The molecule has 0 bridgehead atoms. The average molecular weight is 476 g/mol. The number of nitrogens with one attached hydrogen (secondary N) is 1. The number of hydrogen-bond donors (Lipinski definition) is 1. The Bertz CT molecular complexity index is 927. The van der Waals surface area contributed by atoms with Crippen LogP contribution in [0.5, 0.6) is 0 Å². The fourth-order valence-corrected chi connectivity index (χ4v) is 6.01. The van der Waals surface area contributed by atoms with Gasteiger partial charge in [-0.15, -0.1) is 33.3 Å². The molecule has 2 heterocycles. The van der Waals surface area contributed by atoms with Crippen molar-refractivity contribution in [1.29, 1.82) is 0 Å². The van der Waals surface area contributed by atoms with Gasteiger partial charge >= 0.3 is 5.97 Å². The highest BCUT2D eigenvalue weighted by atomic mass is 32.2. The van der Waals surface area contributed by atoms with Gasteiger partial charge in [0.2, 0.25) is 5.13 Å². The topological polar surface area (TPSA) is 64.1 Å². The Hall–Kier alpha value is -1.90. The van der Waals surface area contributed by atoms with Gasteiger partial charge in [0.05, 0.1) is 17.9 Å². The largest absolute Gasteiger partial charge is 0.465 e. The summed E-state index contributed by atoms with van der Waals surface area (Å²) < 4.78 is 5.51. The number of carbonyl (C=O) groups excluding carboxylic acids is 1. The van der Waals surface area contributed by atoms with Crippen molar-refractivity contribution in [2.75, 3.05) is 17.7 Å². The highest BCUT2D eigenvalue weighted by molar-refractivity contribution is 7.99. The summed E-state index contributed by atoms with van der Waals surface area (Å²) >= 11 is 4.85. The number of thiophene rings is 1. The third-order valence-corrected chi connectivity index (χ3v) is 7.96. The Morgan fingerprint density at radius 2 is 2.03 bits per heavy atom. The standard InChI is InChI=1S/C23H29N3O2S3/c1-3-5-9-17(4-2)16-28-20(27)13-15-29-19-12-14-30-21(19)22-25-26-23(31-22)24-18-10-7-6-8-11-18/h6-8,10-12,14,17H,3-5,9,13,15-16H2,1-2H3,(H,24,26). The van der Waals surface area contributed by atoms with Crippen LogP contribution in [0.15, 0.2) is 46.7 Å². The minimum Gasteiger partial charge on any atom is -0.465 e. The van der Waals surface area contributed by atoms with Crippen LogP contribution in [0.3, 0.4) is 0 Å². The van der Waals surface area contributed by atoms with E-state index in [1.54, 1.807) is 23.1 Å². The molecule has 166 valence electrons. The predicted octanol–water partition coefficient (Wildman–Crippen LogP) is 7.25. The second kappa shape index (κ2) is 12.8. The summed E-state index contributed by atoms with van der Waals surface area (Å²) in [6.07, 6.45) is 4.99. The SMILES string of the molecule is CCCCC(CC)COC(=O)CCSc1ccsc1-c1nnc(Nc2ccccc2)s1. The molecule has 31 heavy (non-hydrogen) atoms. The first kappa shape index (κ1) is 23.8. The third-order valence-electron chi connectivity index (χ3n) is 4.86. The van der Waals surface area contributed by atoms with Gasteiger partial charge in [0, 0.05) is 16.3 Å². The van der Waals surface area contributed by atoms with Crippen molar-refractivity contribution in [2.24, 2.45) is 5.92 Å². The molecule has 3 aromatic rings. The maximum Gasteiger partial charge on any atom is 0.306 e. The monoisotopic (exact) mass is 475 g/mol. The van der Waals surface area contributed by atoms with Crippen LogP contribution in [0.2, 0.25) is 0 Å². The number of unbranched alkanes of at least 4 members (excludes halogenated alkanes) is 1. The molecule has 8 heteroatoms. The summed E-state index contributed by atoms with van der Waals surface area (Å²) in [5.74, 6) is 1.07. The first-order chi connectivity index (χ1) is 15.2. The molecule has 0 spiro atoms. The number of benzene rings is 1. The average Bonchev–Trinajstić information content (AvgIpc) is 3.44. The molecule has 0 saturated carbocycles. The summed E-state index contributed by atoms with van der Waals surface area (Å²) in [5, 5.41) is 15.6. The Labute approximate surface area is 196 Å². The van der Waals surface area contributed by atoms with Crippen molar-refractivity contribution in [3.8, 4) is 9.88 Å². The van der Waals surface area contributed by atoms with Gasteiger partial charge in [-0.3, -0.25) is 4.79 Å². The Balaban J connectivity index is 1.47. The number of ether oxygens (including phenoxy) is 1. The molecule has 5 nitrogen and oxygen atoms in total. The van der Waals surface area contributed by atoms with Gasteiger partial charge in [-0.2, -0.15) is 0 Å². The van der Waals surface area contributed by atoms with E-state index in [0.29, 0.717) is 24.7 Å². The van der Waals surface area contributed by atoms with Crippen LogP contribution in [-0.2, 0) is 9.53 Å². The van der Waals surface area contributed by atoms with E-state index in [2.05, 4.69) is 40.8 Å². The van der Waals surface area contributed by atoms with Crippen LogP contribution in [0, 0.1) is 5.92 Å². The third kappa shape index (κ3) is 7.63. The lowest BCUT2D eigenvalue weighted by atomic mass is 10.0. The molecule has 0 radical (unpaired) electrons. The van der Waals surface area contributed by atoms with Crippen LogP contribution in [0.1, 0.15) is 46.0 Å². The van der Waals surface area contributed by atoms with Gasteiger partial charge in [-0.1, -0.05) is 62.6 Å². The summed E-state index contributed by atoms with van der Waals surface area (Å²) in [6.45, 7) is 4.90. The molecule has 1 aromatic carbocycles. The molecule has 0 aliphatic heterocycles. The van der Waals surface area contributed by atoms with Crippen LogP contribution in [0.25, 0.3) is 9.88 Å². The Kier molecular flexibility index (Phi) is 9.84. The van der Waals surface area contributed by atoms with Crippen LogP contribution >= 0.6 is 34.4 Å². The first-order valence-corrected chi connectivity index (χ1v) is 13.4. The predicted molar refractivity (Wildman–Crippen MR) is 133 cm³/mol. The lowest BCUT2D eigenvalue weighted by molar-refractivity contribution is -0.144. The summed E-state index contributed by atoms with van der Waals surface area (Å²) in [6, 6.07) is 12.0. The Morgan fingerprint density at radius 1 is 1.19 bits per heavy atom. The van der Waals surface area contributed by atoms with E-state index in [-0.39, 0.29) is 5.97 Å². The first-order valence-electron chi connectivity index (χ1n) is 10.7. The van der Waals surface area contributed by atoms with Crippen LogP contribution < -0.4 is 5.32 Å². The zero-order valence-electron chi connectivity index (χ0n) is 18.0. The van der Waals surface area contributed by atoms with E-state index in [1.807, 2.05) is 30.3 Å². The molecule has 0 fully saturated rings. The number of esters is 1. The number of aromatic nitrogens is 2. The number of carbonyl (C=O) groups is 1. The number of thioether (sulfide) groups is 1. The van der Waals surface area contributed by atoms with Crippen molar-refractivity contribution >= 4 is 51.2 Å². The van der Waals surface area contributed by atoms with Gasteiger partial charge in [0.15, 0.2) is 5.01 Å². The zero-order chi connectivity index (χ0) is 21.9. The maximum atomic E-state index is 12.1. The lowest BCUT2D eigenvalue weighted by Crippen LogP contribution is -2.14. The van der Waals surface area contributed by atoms with Gasteiger partial charge < -0.3 is 10.1 Å². The highest BCUT2D eigenvalue weighted by Crippen LogP contribution is 2.39. The molecule has 0 aliphatic rings. The maximum absolute atomic E-state index is 12.1. The minimum absolute atomic E-state index is 0.107. The van der Waals surface area contributed by atoms with Crippen molar-refractivity contribution in [1.82, 2.24) is 10.2 Å². The molecule has 2 aromatic heterocycles. The quantitative estimate of drug-likeness (QED) is 0.207. The van der Waals surface area contributed by atoms with E-state index in [4.69, 9.17) is 4.74 Å². The lowest BCUT2D eigenvalue weighted by Gasteiger charge is -2.14. The van der Waals surface area contributed by atoms with E-state index < -0.39 is 0 Å². The van der Waals surface area contributed by atoms with Crippen molar-refractivity contribution in [3.63, 3.8) is 0 Å². The molecule has 0 amide bonds. The molecule has 0 aliphatic carbocycles. The van der Waals surface area contributed by atoms with Crippen LogP contribution in [0.4, 0.5) is 10.8 Å². The van der Waals surface area contributed by atoms with Crippen LogP contribution in [-0.4, -0.2) is 28.5 Å². The van der Waals surface area contributed by atoms with E-state index in [9.17, 15) is 4.79 Å². The molecular weight excluding hydrogens is 446 g/mol. The van der Waals surface area contributed by atoms with E-state index in [1.165, 1.54) is 24.2 Å². The smallest absolute Gasteiger partial charge is 0.306 e. The van der Waals surface area contributed by atoms with Crippen molar-refractivity contribution in [2.45, 2.75) is 50.8 Å². The number of hydrogen-bond acceptors (Lipinski definition) is 8. The van der Waals surface area contributed by atoms with E-state index >= 15 is 0 Å². The number of anilines is 2. The molecule has 3 rings (SSSR count). The zero-order valence-corrected chi connectivity index (χ0v) is 20.5. The van der Waals surface area contributed by atoms with Gasteiger partial charge in [0.25, 0.3) is 0 Å². The van der Waals surface area contributed by atoms with Gasteiger partial charge in [0.1, 0.15) is 0 Å². The second-order valence-corrected chi connectivity index (χ2v) is 10.2. The van der Waals surface area contributed by atoms with Crippen molar-refractivity contribution < 1.29 is 9.53 Å².